The fourth-order valence-corrected chi connectivity index (χ4v) is 1.77. The lowest BCUT2D eigenvalue weighted by Crippen LogP contribution is -2.17. The van der Waals surface area contributed by atoms with Crippen molar-refractivity contribution >= 4 is 11.0 Å². The summed E-state index contributed by atoms with van der Waals surface area (Å²) in [5.41, 5.74) is 2.18. The molecular weight excluding hydrogens is 240 g/mol. The minimum absolute atomic E-state index is 0.0955. The van der Waals surface area contributed by atoms with Gasteiger partial charge in [-0.25, -0.2) is 0 Å². The van der Waals surface area contributed by atoms with Crippen LogP contribution in [0, 0.1) is 6.92 Å². The lowest BCUT2D eigenvalue weighted by atomic mass is 10.3. The van der Waals surface area contributed by atoms with E-state index in [1.165, 1.54) is 6.26 Å². The van der Waals surface area contributed by atoms with Crippen LogP contribution in [0.15, 0.2) is 52.1 Å². The summed E-state index contributed by atoms with van der Waals surface area (Å²) >= 11 is 0. The topological polar surface area (TPSA) is 48.0 Å². The van der Waals surface area contributed by atoms with Crippen LogP contribution in [0.5, 0.6) is 0 Å². The molecule has 4 heteroatoms. The van der Waals surface area contributed by atoms with Crippen molar-refractivity contribution in [3.63, 3.8) is 0 Å². The van der Waals surface area contributed by atoms with Crippen LogP contribution in [0.25, 0.3) is 16.7 Å². The highest BCUT2D eigenvalue weighted by atomic mass is 16.3. The molecule has 0 unspecified atom stereocenters. The first-order valence-electron chi connectivity index (χ1n) is 6.27. The van der Waals surface area contributed by atoms with Crippen molar-refractivity contribution in [1.82, 2.24) is 9.55 Å². The molecule has 0 radical (unpaired) electrons. The van der Waals surface area contributed by atoms with Crippen LogP contribution < -0.4 is 5.56 Å². The molecule has 98 valence electrons. The van der Waals surface area contributed by atoms with Crippen LogP contribution in [-0.4, -0.2) is 9.55 Å². The fourth-order valence-electron chi connectivity index (χ4n) is 1.77. The number of nitrogens with zero attached hydrogens (tertiary/aromatic N) is 2. The number of aromatic nitrogens is 2. The lowest BCUT2D eigenvalue weighted by molar-refractivity contribution is 0.615. The normalized spacial score (nSPS) is 10.1. The van der Waals surface area contributed by atoms with E-state index >= 15 is 0 Å². The van der Waals surface area contributed by atoms with Crippen LogP contribution in [0.4, 0.5) is 0 Å². The van der Waals surface area contributed by atoms with E-state index in [4.69, 9.17) is 4.42 Å². The summed E-state index contributed by atoms with van der Waals surface area (Å²) in [6.45, 7) is 5.91. The van der Waals surface area contributed by atoms with Gasteiger partial charge in [0.05, 0.1) is 23.5 Å². The molecule has 3 aromatic heterocycles. The summed E-state index contributed by atoms with van der Waals surface area (Å²) in [4.78, 5) is 16.3. The molecule has 3 aromatic rings. The maximum atomic E-state index is 12.2. The van der Waals surface area contributed by atoms with Crippen LogP contribution in [0.2, 0.25) is 0 Å². The van der Waals surface area contributed by atoms with E-state index in [-0.39, 0.29) is 5.56 Å². The van der Waals surface area contributed by atoms with Crippen molar-refractivity contribution in [2.24, 2.45) is 0 Å². The molecule has 0 bridgehead atoms. The van der Waals surface area contributed by atoms with E-state index in [0.29, 0.717) is 11.0 Å². The third-order valence-electron chi connectivity index (χ3n) is 2.69. The maximum absolute atomic E-state index is 12.2. The van der Waals surface area contributed by atoms with Gasteiger partial charge in [0.15, 0.2) is 0 Å². The van der Waals surface area contributed by atoms with E-state index in [9.17, 15) is 4.79 Å². The first-order chi connectivity index (χ1) is 9.25. The molecule has 0 aliphatic carbocycles. The SMILES string of the molecule is CC.Cc1ccc(-n2ccc3occc3c2=O)cn1. The predicted octanol–water partition coefficient (Wildman–Crippen LogP) is 3.31. The van der Waals surface area contributed by atoms with E-state index in [0.717, 1.165) is 11.4 Å². The Morgan fingerprint density at radius 3 is 2.63 bits per heavy atom. The van der Waals surface area contributed by atoms with Crippen molar-refractivity contribution in [3.05, 3.63) is 59.0 Å². The highest BCUT2D eigenvalue weighted by molar-refractivity contribution is 5.75. The Kier molecular flexibility index (Phi) is 3.80. The minimum atomic E-state index is -0.0955. The van der Waals surface area contributed by atoms with Crippen LogP contribution in [0.1, 0.15) is 19.5 Å². The van der Waals surface area contributed by atoms with Gasteiger partial charge in [0, 0.05) is 11.9 Å². The monoisotopic (exact) mass is 256 g/mol. The Balaban J connectivity index is 0.000000637. The molecule has 0 fully saturated rings. The fraction of sp³-hybridized carbons (Fsp3) is 0.200. The Bertz CT molecular complexity index is 724. The number of aryl methyl sites for hydroxylation is 1. The number of fused-ring (bicyclic) bond motifs is 1. The van der Waals surface area contributed by atoms with E-state index in [2.05, 4.69) is 4.98 Å². The first-order valence-corrected chi connectivity index (χ1v) is 6.27. The second-order valence-corrected chi connectivity index (χ2v) is 3.85. The summed E-state index contributed by atoms with van der Waals surface area (Å²) in [6.07, 6.45) is 4.90. The summed E-state index contributed by atoms with van der Waals surface area (Å²) in [5, 5.41) is 0.577. The highest BCUT2D eigenvalue weighted by Gasteiger charge is 2.06. The standard InChI is InChI=1S/C13H10N2O2.C2H6/c1-9-2-3-10(8-14-9)15-6-4-12-11(13(15)16)5-7-17-12;1-2/h2-8H,1H3;1-2H3. The molecule has 0 saturated carbocycles. The van der Waals surface area contributed by atoms with Crippen molar-refractivity contribution in [2.45, 2.75) is 20.8 Å². The zero-order valence-corrected chi connectivity index (χ0v) is 11.3. The maximum Gasteiger partial charge on any atom is 0.266 e. The highest BCUT2D eigenvalue weighted by Crippen LogP contribution is 2.12. The third kappa shape index (κ3) is 2.42. The quantitative estimate of drug-likeness (QED) is 0.671. The van der Waals surface area contributed by atoms with Crippen LogP contribution >= 0.6 is 0 Å². The van der Waals surface area contributed by atoms with Gasteiger partial charge in [-0.15, -0.1) is 0 Å². The first kappa shape index (κ1) is 13.1. The van der Waals surface area contributed by atoms with Gasteiger partial charge < -0.3 is 4.42 Å². The Morgan fingerprint density at radius 2 is 1.95 bits per heavy atom. The Morgan fingerprint density at radius 1 is 1.16 bits per heavy atom. The van der Waals surface area contributed by atoms with Crippen LogP contribution in [0.3, 0.4) is 0 Å². The molecule has 19 heavy (non-hydrogen) atoms. The van der Waals surface area contributed by atoms with Gasteiger partial charge in [0.25, 0.3) is 5.56 Å². The van der Waals surface area contributed by atoms with Gasteiger partial charge in [0.1, 0.15) is 5.58 Å². The second kappa shape index (κ2) is 5.52. The van der Waals surface area contributed by atoms with Gasteiger partial charge >= 0.3 is 0 Å². The summed E-state index contributed by atoms with van der Waals surface area (Å²) in [6, 6.07) is 7.20. The number of hydrogen-bond acceptors (Lipinski definition) is 3. The minimum Gasteiger partial charge on any atom is -0.464 e. The summed E-state index contributed by atoms with van der Waals surface area (Å²) < 4.78 is 6.74. The van der Waals surface area contributed by atoms with Gasteiger partial charge in [-0.2, -0.15) is 0 Å². The average molecular weight is 256 g/mol. The number of furan rings is 1. The predicted molar refractivity (Wildman–Crippen MR) is 75.7 cm³/mol. The molecule has 0 N–H and O–H groups in total. The second-order valence-electron chi connectivity index (χ2n) is 3.85. The van der Waals surface area contributed by atoms with Gasteiger partial charge in [-0.1, -0.05) is 13.8 Å². The third-order valence-corrected chi connectivity index (χ3v) is 2.69. The molecule has 0 saturated heterocycles. The molecular formula is C15H16N2O2. The molecule has 0 spiro atoms. The molecule has 3 rings (SSSR count). The summed E-state index contributed by atoms with van der Waals surface area (Å²) in [7, 11) is 0. The van der Waals surface area contributed by atoms with E-state index in [1.807, 2.05) is 32.9 Å². The Labute approximate surface area is 111 Å². The lowest BCUT2D eigenvalue weighted by Gasteiger charge is -2.04. The number of hydrogen-bond donors (Lipinski definition) is 0. The smallest absolute Gasteiger partial charge is 0.266 e. The Hall–Kier alpha value is -2.36. The van der Waals surface area contributed by atoms with Crippen molar-refractivity contribution in [2.75, 3.05) is 0 Å². The van der Waals surface area contributed by atoms with E-state index in [1.54, 1.807) is 29.1 Å². The van der Waals surface area contributed by atoms with Crippen molar-refractivity contribution in [3.8, 4) is 5.69 Å². The van der Waals surface area contributed by atoms with Gasteiger partial charge in [-0.05, 0) is 31.2 Å². The summed E-state index contributed by atoms with van der Waals surface area (Å²) in [5.74, 6) is 0. The molecule has 3 heterocycles. The number of rotatable bonds is 1. The molecule has 0 aliphatic rings. The zero-order valence-electron chi connectivity index (χ0n) is 11.3. The molecule has 0 aromatic carbocycles. The van der Waals surface area contributed by atoms with Crippen molar-refractivity contribution < 1.29 is 4.42 Å². The largest absolute Gasteiger partial charge is 0.464 e. The molecule has 0 atom stereocenters. The molecule has 0 amide bonds. The van der Waals surface area contributed by atoms with Gasteiger partial charge in [-0.3, -0.25) is 14.3 Å². The average Bonchev–Trinajstić information content (AvgIpc) is 2.92. The number of pyridine rings is 2. The molecule has 0 aliphatic heterocycles. The van der Waals surface area contributed by atoms with Crippen molar-refractivity contribution in [1.29, 1.82) is 0 Å². The van der Waals surface area contributed by atoms with Gasteiger partial charge in [0.2, 0.25) is 0 Å². The molecule has 4 nitrogen and oxygen atoms in total. The van der Waals surface area contributed by atoms with Crippen LogP contribution in [-0.2, 0) is 0 Å². The zero-order chi connectivity index (χ0) is 13.8. The van der Waals surface area contributed by atoms with E-state index < -0.39 is 0 Å².